The van der Waals surface area contributed by atoms with Crippen LogP contribution in [-0.2, 0) is 4.79 Å². The number of para-hydroxylation sites is 1. The third-order valence-electron chi connectivity index (χ3n) is 3.31. The van der Waals surface area contributed by atoms with Crippen LogP contribution in [-0.4, -0.2) is 27.1 Å². The lowest BCUT2D eigenvalue weighted by atomic mass is 10.0. The second-order valence-corrected chi connectivity index (χ2v) is 4.47. The summed E-state index contributed by atoms with van der Waals surface area (Å²) in [5, 5.41) is 12.6. The molecule has 19 heavy (non-hydrogen) atoms. The van der Waals surface area contributed by atoms with Crippen molar-refractivity contribution in [1.82, 2.24) is 14.9 Å². The van der Waals surface area contributed by atoms with Crippen LogP contribution in [0.5, 0.6) is 5.88 Å². The molecule has 6 heteroatoms. The van der Waals surface area contributed by atoms with Gasteiger partial charge in [-0.25, -0.2) is 4.79 Å². The van der Waals surface area contributed by atoms with E-state index in [-0.39, 0.29) is 11.8 Å². The van der Waals surface area contributed by atoms with Gasteiger partial charge in [-0.1, -0.05) is 18.2 Å². The van der Waals surface area contributed by atoms with Crippen LogP contribution in [0.25, 0.3) is 5.69 Å². The van der Waals surface area contributed by atoms with Gasteiger partial charge in [0, 0.05) is 6.54 Å². The van der Waals surface area contributed by atoms with E-state index in [1.54, 1.807) is 24.3 Å². The molecule has 1 aliphatic rings. The number of H-pyrrole nitrogens is 1. The van der Waals surface area contributed by atoms with Gasteiger partial charge in [0.05, 0.1) is 11.6 Å². The minimum Gasteiger partial charge on any atom is -0.493 e. The normalized spacial score (nSPS) is 18.5. The SMILES string of the molecule is O=C1NCCC1c1c(O)[nH]c(=O)n1-c1ccccc1. The predicted octanol–water partition coefficient (Wildman–Crippen LogP) is 0.475. The van der Waals surface area contributed by atoms with Gasteiger partial charge >= 0.3 is 5.69 Å². The van der Waals surface area contributed by atoms with Crippen molar-refractivity contribution >= 4 is 5.91 Å². The molecule has 2 heterocycles. The second kappa shape index (κ2) is 4.31. The summed E-state index contributed by atoms with van der Waals surface area (Å²) < 4.78 is 1.35. The van der Waals surface area contributed by atoms with Gasteiger partial charge in [-0.3, -0.25) is 14.3 Å². The smallest absolute Gasteiger partial charge is 0.333 e. The van der Waals surface area contributed by atoms with Crippen LogP contribution in [0.1, 0.15) is 18.0 Å². The molecule has 2 aromatic rings. The molecule has 98 valence electrons. The number of aromatic hydroxyl groups is 1. The van der Waals surface area contributed by atoms with Crippen molar-refractivity contribution in [3.63, 3.8) is 0 Å². The third-order valence-corrected chi connectivity index (χ3v) is 3.31. The first-order valence-electron chi connectivity index (χ1n) is 6.05. The zero-order valence-electron chi connectivity index (χ0n) is 10.1. The monoisotopic (exact) mass is 259 g/mol. The van der Waals surface area contributed by atoms with Crippen molar-refractivity contribution in [1.29, 1.82) is 0 Å². The Morgan fingerprint density at radius 3 is 2.58 bits per heavy atom. The summed E-state index contributed by atoms with van der Waals surface area (Å²) in [5.41, 5.74) is 0.503. The Kier molecular flexibility index (Phi) is 2.63. The molecule has 0 aliphatic carbocycles. The van der Waals surface area contributed by atoms with E-state index in [9.17, 15) is 14.7 Å². The molecule has 1 saturated heterocycles. The van der Waals surface area contributed by atoms with E-state index in [0.29, 0.717) is 24.3 Å². The van der Waals surface area contributed by atoms with E-state index in [2.05, 4.69) is 10.3 Å². The number of benzene rings is 1. The first-order valence-corrected chi connectivity index (χ1v) is 6.05. The molecule has 0 spiro atoms. The van der Waals surface area contributed by atoms with E-state index < -0.39 is 11.6 Å². The maximum atomic E-state index is 11.9. The quantitative estimate of drug-likeness (QED) is 0.733. The van der Waals surface area contributed by atoms with Crippen LogP contribution in [0, 0.1) is 0 Å². The zero-order valence-corrected chi connectivity index (χ0v) is 10.1. The maximum absolute atomic E-state index is 11.9. The van der Waals surface area contributed by atoms with Crippen LogP contribution in [0.2, 0.25) is 0 Å². The van der Waals surface area contributed by atoms with E-state index >= 15 is 0 Å². The summed E-state index contributed by atoms with van der Waals surface area (Å²) in [5.74, 6) is -0.908. The topological polar surface area (TPSA) is 87.1 Å². The molecule has 1 amide bonds. The number of nitrogens with zero attached hydrogens (tertiary/aromatic N) is 1. The Bertz CT molecular complexity index is 672. The molecule has 1 fully saturated rings. The number of aromatic amines is 1. The van der Waals surface area contributed by atoms with Gasteiger partial charge in [0.15, 0.2) is 0 Å². The fourth-order valence-corrected chi connectivity index (χ4v) is 2.45. The fourth-order valence-electron chi connectivity index (χ4n) is 2.45. The largest absolute Gasteiger partial charge is 0.493 e. The third kappa shape index (κ3) is 1.81. The van der Waals surface area contributed by atoms with Gasteiger partial charge in [0.2, 0.25) is 11.8 Å². The van der Waals surface area contributed by atoms with Gasteiger partial charge in [0.1, 0.15) is 5.69 Å². The Balaban J connectivity index is 2.20. The van der Waals surface area contributed by atoms with Gasteiger partial charge in [-0.15, -0.1) is 0 Å². The van der Waals surface area contributed by atoms with E-state index in [0.717, 1.165) is 0 Å². The number of amides is 1. The number of hydrogen-bond donors (Lipinski definition) is 3. The van der Waals surface area contributed by atoms with E-state index in [1.165, 1.54) is 4.57 Å². The molecule has 0 saturated carbocycles. The highest BCUT2D eigenvalue weighted by atomic mass is 16.3. The summed E-state index contributed by atoms with van der Waals surface area (Å²) in [6.07, 6.45) is 0.566. The summed E-state index contributed by atoms with van der Waals surface area (Å²) in [6.45, 7) is 0.553. The van der Waals surface area contributed by atoms with Crippen LogP contribution < -0.4 is 11.0 Å². The van der Waals surface area contributed by atoms with Crippen molar-refractivity contribution < 1.29 is 9.90 Å². The molecular weight excluding hydrogens is 246 g/mol. The van der Waals surface area contributed by atoms with Crippen molar-refractivity contribution in [2.75, 3.05) is 6.54 Å². The minimum atomic E-state index is -0.501. The van der Waals surface area contributed by atoms with E-state index in [1.807, 2.05) is 6.07 Å². The van der Waals surface area contributed by atoms with Crippen LogP contribution in [0.3, 0.4) is 0 Å². The minimum absolute atomic E-state index is 0.168. The number of hydrogen-bond acceptors (Lipinski definition) is 3. The molecule has 1 aromatic heterocycles. The summed E-state index contributed by atoms with van der Waals surface area (Å²) >= 11 is 0. The number of rotatable bonds is 2. The van der Waals surface area contributed by atoms with Gasteiger partial charge in [-0.2, -0.15) is 0 Å². The summed E-state index contributed by atoms with van der Waals surface area (Å²) in [6, 6.07) is 8.94. The first kappa shape index (κ1) is 11.6. The molecule has 1 unspecified atom stereocenters. The fraction of sp³-hybridized carbons (Fsp3) is 0.231. The van der Waals surface area contributed by atoms with Crippen LogP contribution >= 0.6 is 0 Å². The Morgan fingerprint density at radius 1 is 1.21 bits per heavy atom. The van der Waals surface area contributed by atoms with Crippen molar-refractivity contribution in [3.8, 4) is 11.6 Å². The summed E-state index contributed by atoms with van der Waals surface area (Å²) in [4.78, 5) is 26.1. The highest BCUT2D eigenvalue weighted by Crippen LogP contribution is 2.30. The number of carbonyl (C=O) groups excluding carboxylic acids is 1. The average Bonchev–Trinajstić information content (AvgIpc) is 2.93. The molecule has 0 bridgehead atoms. The van der Waals surface area contributed by atoms with Gasteiger partial charge in [0.25, 0.3) is 0 Å². The molecular formula is C13H13N3O3. The lowest BCUT2D eigenvalue weighted by Crippen LogP contribution is -2.23. The number of nitrogens with one attached hydrogen (secondary N) is 2. The lowest BCUT2D eigenvalue weighted by Gasteiger charge is -2.11. The van der Waals surface area contributed by atoms with Crippen molar-refractivity contribution in [2.24, 2.45) is 0 Å². The Labute approximate surface area is 108 Å². The molecule has 1 aromatic carbocycles. The van der Waals surface area contributed by atoms with Crippen LogP contribution in [0.4, 0.5) is 0 Å². The van der Waals surface area contributed by atoms with Crippen molar-refractivity contribution in [3.05, 3.63) is 46.5 Å². The predicted molar refractivity (Wildman–Crippen MR) is 68.4 cm³/mol. The Morgan fingerprint density at radius 2 is 1.95 bits per heavy atom. The Hall–Kier alpha value is -2.50. The molecule has 0 radical (unpaired) electrons. The first-order chi connectivity index (χ1) is 9.18. The molecule has 3 rings (SSSR count). The van der Waals surface area contributed by atoms with E-state index in [4.69, 9.17) is 0 Å². The lowest BCUT2D eigenvalue weighted by molar-refractivity contribution is -0.120. The van der Waals surface area contributed by atoms with Crippen LogP contribution in [0.15, 0.2) is 35.1 Å². The van der Waals surface area contributed by atoms with Gasteiger partial charge < -0.3 is 10.4 Å². The average molecular weight is 259 g/mol. The number of carbonyl (C=O) groups is 1. The van der Waals surface area contributed by atoms with Gasteiger partial charge in [-0.05, 0) is 18.6 Å². The standard InChI is InChI=1S/C13H13N3O3/c17-11-9(6-7-14-11)10-12(18)15-13(19)16(10)8-4-2-1-3-5-8/h1-5,9,18H,6-7H2,(H,14,17)(H,15,19). The molecule has 1 atom stereocenters. The molecule has 6 nitrogen and oxygen atoms in total. The number of imidazole rings is 1. The highest BCUT2D eigenvalue weighted by molar-refractivity contribution is 5.85. The van der Waals surface area contributed by atoms with Crippen molar-refractivity contribution in [2.45, 2.75) is 12.3 Å². The second-order valence-electron chi connectivity index (χ2n) is 4.47. The molecule has 1 aliphatic heterocycles. The molecule has 3 N–H and O–H groups in total. The highest BCUT2D eigenvalue weighted by Gasteiger charge is 2.32. The summed E-state index contributed by atoms with van der Waals surface area (Å²) in [7, 11) is 0. The maximum Gasteiger partial charge on any atom is 0.333 e. The number of aromatic nitrogens is 2. The zero-order chi connectivity index (χ0) is 13.4.